The smallest absolute Gasteiger partial charge is 0.338 e. The zero-order chi connectivity index (χ0) is 21.4. The number of ether oxygens (including phenoxy) is 1. The van der Waals surface area contributed by atoms with Crippen LogP contribution in [0.4, 0.5) is 5.82 Å². The van der Waals surface area contributed by atoms with Gasteiger partial charge < -0.3 is 14.1 Å². The van der Waals surface area contributed by atoms with Crippen molar-refractivity contribution < 1.29 is 13.9 Å². The Kier molecular flexibility index (Phi) is 5.21. The lowest BCUT2D eigenvalue weighted by Gasteiger charge is -2.17. The van der Waals surface area contributed by atoms with Crippen molar-refractivity contribution >= 4 is 46.1 Å². The van der Waals surface area contributed by atoms with Crippen LogP contribution >= 0.6 is 23.2 Å². The number of rotatable bonds is 4. The normalized spacial score (nSPS) is 16.1. The van der Waals surface area contributed by atoms with Crippen LogP contribution in [0.1, 0.15) is 16.8 Å². The van der Waals surface area contributed by atoms with E-state index in [0.29, 0.717) is 44.7 Å². The van der Waals surface area contributed by atoms with Crippen LogP contribution in [0.5, 0.6) is 0 Å². The molecule has 1 unspecified atom stereocenters. The first-order valence-corrected chi connectivity index (χ1v) is 10.4. The molecule has 31 heavy (non-hydrogen) atoms. The minimum Gasteiger partial charge on any atom is -0.457 e. The number of aromatic nitrogens is 3. The van der Waals surface area contributed by atoms with E-state index in [1.54, 1.807) is 42.6 Å². The lowest BCUT2D eigenvalue weighted by Crippen LogP contribution is -2.25. The third-order valence-electron chi connectivity index (χ3n) is 5.04. The van der Waals surface area contributed by atoms with Gasteiger partial charge in [-0.15, -0.1) is 0 Å². The van der Waals surface area contributed by atoms with Gasteiger partial charge in [0.05, 0.1) is 12.1 Å². The Morgan fingerprint density at radius 3 is 2.74 bits per heavy atom. The standard InChI is InChI=1S/C22H16Cl2N4O3/c23-15-7-14(8-16(24)10-15)21-27-18-2-1-13(9-19(18)31-21)22(29)30-17-4-6-28(11-17)20-3-5-25-12-26-20/h1-3,5,7-10,12,17H,4,6,11H2. The van der Waals surface area contributed by atoms with E-state index >= 15 is 0 Å². The summed E-state index contributed by atoms with van der Waals surface area (Å²) in [7, 11) is 0. The lowest BCUT2D eigenvalue weighted by atomic mass is 10.2. The van der Waals surface area contributed by atoms with E-state index in [9.17, 15) is 4.79 Å². The number of carbonyl (C=O) groups excluding carboxylic acids is 1. The molecule has 0 spiro atoms. The molecule has 9 heteroatoms. The minimum atomic E-state index is -0.403. The molecule has 1 fully saturated rings. The summed E-state index contributed by atoms with van der Waals surface area (Å²) in [6.07, 6.45) is 3.73. The maximum atomic E-state index is 12.7. The van der Waals surface area contributed by atoms with E-state index in [2.05, 4.69) is 19.9 Å². The molecule has 5 rings (SSSR count). The van der Waals surface area contributed by atoms with Gasteiger partial charge in [0.25, 0.3) is 0 Å². The molecule has 0 N–H and O–H groups in total. The molecule has 1 atom stereocenters. The van der Waals surface area contributed by atoms with E-state index < -0.39 is 5.97 Å². The van der Waals surface area contributed by atoms with Crippen LogP contribution in [0.15, 0.2) is 59.4 Å². The van der Waals surface area contributed by atoms with Gasteiger partial charge in [0.2, 0.25) is 5.89 Å². The number of oxazole rings is 1. The molecule has 0 bridgehead atoms. The van der Waals surface area contributed by atoms with E-state index in [-0.39, 0.29) is 6.10 Å². The molecule has 1 aliphatic rings. The predicted molar refractivity (Wildman–Crippen MR) is 118 cm³/mol. The summed E-state index contributed by atoms with van der Waals surface area (Å²) in [6, 6.07) is 12.0. The lowest BCUT2D eigenvalue weighted by molar-refractivity contribution is 0.0348. The molecular weight excluding hydrogens is 439 g/mol. The van der Waals surface area contributed by atoms with Crippen LogP contribution in [0.2, 0.25) is 10.0 Å². The molecule has 1 saturated heterocycles. The van der Waals surface area contributed by atoms with Crippen LogP contribution in [-0.4, -0.2) is 40.1 Å². The van der Waals surface area contributed by atoms with Crippen LogP contribution in [0.25, 0.3) is 22.6 Å². The highest BCUT2D eigenvalue weighted by molar-refractivity contribution is 6.35. The van der Waals surface area contributed by atoms with Gasteiger partial charge in [-0.05, 0) is 42.5 Å². The van der Waals surface area contributed by atoms with Crippen molar-refractivity contribution in [3.63, 3.8) is 0 Å². The van der Waals surface area contributed by atoms with Gasteiger partial charge in [-0.1, -0.05) is 23.2 Å². The van der Waals surface area contributed by atoms with Gasteiger partial charge in [0.15, 0.2) is 5.58 Å². The Bertz CT molecular complexity index is 1240. The zero-order valence-corrected chi connectivity index (χ0v) is 17.7. The molecule has 1 aliphatic heterocycles. The molecule has 0 saturated carbocycles. The number of halogens is 2. The largest absolute Gasteiger partial charge is 0.457 e. The van der Waals surface area contributed by atoms with Crippen LogP contribution in [-0.2, 0) is 4.74 Å². The topological polar surface area (TPSA) is 81.4 Å². The summed E-state index contributed by atoms with van der Waals surface area (Å²) in [5.41, 5.74) is 2.17. The van der Waals surface area contributed by atoms with Crippen molar-refractivity contribution in [2.75, 3.05) is 18.0 Å². The number of benzene rings is 2. The molecule has 2 aromatic heterocycles. The maximum Gasteiger partial charge on any atom is 0.338 e. The molecule has 0 aliphatic carbocycles. The third-order valence-corrected chi connectivity index (χ3v) is 5.48. The van der Waals surface area contributed by atoms with Crippen molar-refractivity contribution in [3.05, 3.63) is 70.6 Å². The fourth-order valence-corrected chi connectivity index (χ4v) is 4.10. The number of esters is 1. The third kappa shape index (κ3) is 4.19. The van der Waals surface area contributed by atoms with Crippen LogP contribution < -0.4 is 4.90 Å². The van der Waals surface area contributed by atoms with Crippen molar-refractivity contribution in [1.29, 1.82) is 0 Å². The maximum absolute atomic E-state index is 12.7. The molecular formula is C22H16Cl2N4O3. The molecule has 2 aromatic carbocycles. The first-order chi connectivity index (χ1) is 15.0. The van der Waals surface area contributed by atoms with Crippen molar-refractivity contribution in [2.45, 2.75) is 12.5 Å². The van der Waals surface area contributed by atoms with Crippen molar-refractivity contribution in [2.24, 2.45) is 0 Å². The second-order valence-electron chi connectivity index (χ2n) is 7.19. The molecule has 4 aromatic rings. The predicted octanol–water partition coefficient (Wildman–Crippen LogP) is 5.03. The van der Waals surface area contributed by atoms with Gasteiger partial charge >= 0.3 is 5.97 Å². The van der Waals surface area contributed by atoms with Crippen molar-refractivity contribution in [1.82, 2.24) is 15.0 Å². The average Bonchev–Trinajstić information content (AvgIpc) is 3.40. The fourth-order valence-electron chi connectivity index (χ4n) is 3.58. The van der Waals surface area contributed by atoms with Crippen molar-refractivity contribution in [3.8, 4) is 11.5 Å². The average molecular weight is 455 g/mol. The molecule has 156 valence electrons. The van der Waals surface area contributed by atoms with Gasteiger partial charge in [-0.3, -0.25) is 0 Å². The Hall–Kier alpha value is -3.16. The fraction of sp³-hybridized carbons (Fsp3) is 0.182. The second-order valence-corrected chi connectivity index (χ2v) is 8.06. The Balaban J connectivity index is 1.32. The quantitative estimate of drug-likeness (QED) is 0.400. The summed E-state index contributed by atoms with van der Waals surface area (Å²) in [5, 5.41) is 0.975. The summed E-state index contributed by atoms with van der Waals surface area (Å²) < 4.78 is 11.5. The summed E-state index contributed by atoms with van der Waals surface area (Å²) in [5.74, 6) is 0.798. The highest BCUT2D eigenvalue weighted by Crippen LogP contribution is 2.30. The first-order valence-electron chi connectivity index (χ1n) is 9.64. The van der Waals surface area contributed by atoms with Gasteiger partial charge in [0, 0.05) is 34.8 Å². The molecule has 0 radical (unpaired) electrons. The monoisotopic (exact) mass is 454 g/mol. The van der Waals surface area contributed by atoms with Gasteiger partial charge in [-0.2, -0.15) is 0 Å². The highest BCUT2D eigenvalue weighted by Gasteiger charge is 2.27. The summed E-state index contributed by atoms with van der Waals surface area (Å²) >= 11 is 12.1. The number of fused-ring (bicyclic) bond motifs is 1. The van der Waals surface area contributed by atoms with Crippen LogP contribution in [0, 0.1) is 0 Å². The highest BCUT2D eigenvalue weighted by atomic mass is 35.5. The summed E-state index contributed by atoms with van der Waals surface area (Å²) in [4.78, 5) is 27.4. The Morgan fingerprint density at radius 1 is 1.13 bits per heavy atom. The first kappa shape index (κ1) is 19.8. The van der Waals surface area contributed by atoms with Gasteiger partial charge in [-0.25, -0.2) is 19.7 Å². The minimum absolute atomic E-state index is 0.211. The van der Waals surface area contributed by atoms with Crippen LogP contribution in [0.3, 0.4) is 0 Å². The number of hydrogen-bond donors (Lipinski definition) is 0. The summed E-state index contributed by atoms with van der Waals surface area (Å²) in [6.45, 7) is 1.36. The van der Waals surface area contributed by atoms with E-state index in [0.717, 1.165) is 18.8 Å². The second kappa shape index (κ2) is 8.17. The van der Waals surface area contributed by atoms with E-state index in [4.69, 9.17) is 32.4 Å². The number of hydrogen-bond acceptors (Lipinski definition) is 7. The number of carbonyl (C=O) groups is 1. The Labute approximate surface area is 187 Å². The molecule has 3 heterocycles. The Morgan fingerprint density at radius 2 is 1.97 bits per heavy atom. The van der Waals surface area contributed by atoms with Gasteiger partial charge in [0.1, 0.15) is 23.8 Å². The SMILES string of the molecule is O=C(OC1CCN(c2ccncn2)C1)c1ccc2nc(-c3cc(Cl)cc(Cl)c3)oc2c1. The zero-order valence-electron chi connectivity index (χ0n) is 16.2. The number of anilines is 1. The molecule has 0 amide bonds. The number of nitrogens with zero attached hydrogens (tertiary/aromatic N) is 4. The van der Waals surface area contributed by atoms with E-state index in [1.165, 1.54) is 6.33 Å². The molecule has 7 nitrogen and oxygen atoms in total. The van der Waals surface area contributed by atoms with E-state index in [1.807, 2.05) is 6.07 Å².